The second-order valence-electron chi connectivity index (χ2n) is 13.6. The summed E-state index contributed by atoms with van der Waals surface area (Å²) in [5, 5.41) is 2.97. The van der Waals surface area contributed by atoms with Gasteiger partial charge in [0.2, 0.25) is 11.8 Å². The lowest BCUT2D eigenvalue weighted by atomic mass is 9.80. The van der Waals surface area contributed by atoms with E-state index in [1.165, 1.54) is 20.3 Å². The SMILES string of the molecule is COC(=O)C(Cc1ccc(N2C(=O)C(Cc3ccccc3)N(C(C)=O)C2c2ccccc2)cc1)NC(=O)C1(CCCCS(C)(=O)=O)CCCC1. The van der Waals surface area contributed by atoms with Crippen LogP contribution in [0.3, 0.4) is 0 Å². The Morgan fingerprint density at radius 3 is 2.10 bits per heavy atom. The third kappa shape index (κ3) is 8.61. The fourth-order valence-electron chi connectivity index (χ4n) is 7.46. The van der Waals surface area contributed by atoms with Crippen LogP contribution in [0.5, 0.6) is 0 Å². The van der Waals surface area contributed by atoms with Crippen LogP contribution in [0.4, 0.5) is 5.69 Å². The van der Waals surface area contributed by atoms with Crippen molar-refractivity contribution in [2.45, 2.75) is 83.0 Å². The number of methoxy groups -OCH3 is 1. The van der Waals surface area contributed by atoms with E-state index >= 15 is 0 Å². The van der Waals surface area contributed by atoms with E-state index in [4.69, 9.17) is 4.74 Å². The van der Waals surface area contributed by atoms with Gasteiger partial charge in [-0.15, -0.1) is 0 Å². The van der Waals surface area contributed by atoms with E-state index in [1.54, 1.807) is 9.80 Å². The van der Waals surface area contributed by atoms with Crippen LogP contribution in [0.2, 0.25) is 0 Å². The van der Waals surface area contributed by atoms with Crippen molar-refractivity contribution < 1.29 is 32.3 Å². The summed E-state index contributed by atoms with van der Waals surface area (Å²) in [5.74, 6) is -1.08. The lowest BCUT2D eigenvalue weighted by molar-refractivity contribution is -0.146. The fourth-order valence-corrected chi connectivity index (χ4v) is 8.19. The van der Waals surface area contributed by atoms with Gasteiger partial charge in [-0.2, -0.15) is 0 Å². The topological polar surface area (TPSA) is 130 Å². The molecule has 5 rings (SSSR count). The van der Waals surface area contributed by atoms with Crippen molar-refractivity contribution in [3.63, 3.8) is 0 Å². The zero-order valence-corrected chi connectivity index (χ0v) is 29.9. The number of nitrogens with one attached hydrogen (secondary N) is 1. The average Bonchev–Trinajstić information content (AvgIpc) is 3.70. The third-order valence-electron chi connectivity index (χ3n) is 10.0. The van der Waals surface area contributed by atoms with Crippen molar-refractivity contribution >= 4 is 39.2 Å². The second-order valence-corrected chi connectivity index (χ2v) is 15.9. The quantitative estimate of drug-likeness (QED) is 0.181. The molecule has 266 valence electrons. The maximum absolute atomic E-state index is 14.2. The zero-order valence-electron chi connectivity index (χ0n) is 29.0. The number of amides is 3. The number of anilines is 1. The average molecular weight is 702 g/mol. The molecule has 1 saturated heterocycles. The number of esters is 1. The smallest absolute Gasteiger partial charge is 0.328 e. The number of benzene rings is 3. The number of rotatable bonds is 14. The lowest BCUT2D eigenvalue weighted by Crippen LogP contribution is -2.49. The van der Waals surface area contributed by atoms with Gasteiger partial charge in [0, 0.05) is 42.9 Å². The largest absolute Gasteiger partial charge is 0.467 e. The monoisotopic (exact) mass is 701 g/mol. The Hall–Kier alpha value is -4.51. The highest BCUT2D eigenvalue weighted by molar-refractivity contribution is 7.90. The number of carbonyl (C=O) groups excluding carboxylic acids is 4. The summed E-state index contributed by atoms with van der Waals surface area (Å²) in [6.07, 6.45) is 5.95. The van der Waals surface area contributed by atoms with Crippen LogP contribution in [0.15, 0.2) is 84.9 Å². The Balaban J connectivity index is 1.36. The summed E-state index contributed by atoms with van der Waals surface area (Å²) in [7, 11) is -1.79. The van der Waals surface area contributed by atoms with Crippen LogP contribution in [-0.2, 0) is 46.6 Å². The van der Waals surface area contributed by atoms with Crippen molar-refractivity contribution in [2.75, 3.05) is 24.0 Å². The van der Waals surface area contributed by atoms with E-state index in [1.807, 2.05) is 84.9 Å². The van der Waals surface area contributed by atoms with Gasteiger partial charge in [0.05, 0.1) is 7.11 Å². The summed E-state index contributed by atoms with van der Waals surface area (Å²) >= 11 is 0. The van der Waals surface area contributed by atoms with Gasteiger partial charge in [-0.05, 0) is 54.5 Å². The van der Waals surface area contributed by atoms with Gasteiger partial charge >= 0.3 is 5.97 Å². The first-order valence-corrected chi connectivity index (χ1v) is 19.3. The highest BCUT2D eigenvalue weighted by Gasteiger charge is 2.48. The highest BCUT2D eigenvalue weighted by atomic mass is 32.2. The number of nitrogens with zero attached hydrogens (tertiary/aromatic N) is 2. The predicted molar refractivity (Wildman–Crippen MR) is 192 cm³/mol. The van der Waals surface area contributed by atoms with E-state index in [9.17, 15) is 27.6 Å². The fraction of sp³-hybridized carbons (Fsp3) is 0.436. The molecule has 0 bridgehead atoms. The maximum Gasteiger partial charge on any atom is 0.328 e. The van der Waals surface area contributed by atoms with Gasteiger partial charge in [0.25, 0.3) is 5.91 Å². The van der Waals surface area contributed by atoms with Crippen LogP contribution < -0.4 is 10.2 Å². The molecular weight excluding hydrogens is 655 g/mol. The van der Waals surface area contributed by atoms with Crippen molar-refractivity contribution in [2.24, 2.45) is 5.41 Å². The molecule has 3 atom stereocenters. The molecule has 1 aliphatic carbocycles. The Kier molecular flexibility index (Phi) is 11.8. The Bertz CT molecular complexity index is 1760. The normalized spacial score (nSPS) is 19.3. The zero-order chi connectivity index (χ0) is 35.9. The van der Waals surface area contributed by atoms with Gasteiger partial charge in [0.1, 0.15) is 28.1 Å². The van der Waals surface area contributed by atoms with E-state index < -0.39 is 39.5 Å². The summed E-state index contributed by atoms with van der Waals surface area (Å²) in [4.78, 5) is 57.4. The van der Waals surface area contributed by atoms with Gasteiger partial charge in [-0.1, -0.05) is 92.1 Å². The predicted octanol–water partition coefficient (Wildman–Crippen LogP) is 5.17. The van der Waals surface area contributed by atoms with Gasteiger partial charge in [-0.3, -0.25) is 19.3 Å². The summed E-state index contributed by atoms with van der Waals surface area (Å²) in [6.45, 7) is 1.49. The molecule has 2 fully saturated rings. The molecule has 3 aromatic carbocycles. The van der Waals surface area contributed by atoms with E-state index in [0.717, 1.165) is 29.5 Å². The van der Waals surface area contributed by atoms with Crippen LogP contribution in [-0.4, -0.2) is 68.2 Å². The number of unbranched alkanes of at least 4 members (excludes halogenated alkanes) is 1. The van der Waals surface area contributed by atoms with Crippen LogP contribution in [0.25, 0.3) is 0 Å². The summed E-state index contributed by atoms with van der Waals surface area (Å²) in [6, 6.07) is 24.8. The number of hydrogen-bond donors (Lipinski definition) is 1. The Morgan fingerprint density at radius 1 is 0.900 bits per heavy atom. The van der Waals surface area contributed by atoms with Crippen molar-refractivity contribution in [3.8, 4) is 0 Å². The standard InChI is InChI=1S/C39H47N3O7S/c1-28(43)41-34(27-29-14-6-4-7-15-29)36(44)42(35(41)31-16-8-5-9-17-31)32-20-18-30(19-21-32)26-33(37(45)49-2)40-38(46)39(22-10-11-23-39)24-12-13-25-50(3,47)48/h4-9,14-21,33-35H,10-13,22-27H2,1-3H3,(H,40,46). The molecule has 11 heteroatoms. The molecule has 3 aromatic rings. The molecule has 50 heavy (non-hydrogen) atoms. The molecule has 3 amide bonds. The number of hydrogen-bond acceptors (Lipinski definition) is 7. The van der Waals surface area contributed by atoms with Gasteiger partial charge < -0.3 is 15.0 Å². The van der Waals surface area contributed by atoms with Crippen LogP contribution in [0.1, 0.15) is 74.7 Å². The minimum absolute atomic E-state index is 0.0844. The minimum atomic E-state index is -3.08. The first-order valence-electron chi connectivity index (χ1n) is 17.3. The van der Waals surface area contributed by atoms with Gasteiger partial charge in [0.15, 0.2) is 0 Å². The molecule has 0 aromatic heterocycles. The molecule has 10 nitrogen and oxygen atoms in total. The molecule has 1 heterocycles. The Morgan fingerprint density at radius 2 is 1.52 bits per heavy atom. The highest BCUT2D eigenvalue weighted by Crippen LogP contribution is 2.43. The molecule has 0 spiro atoms. The van der Waals surface area contributed by atoms with Crippen molar-refractivity contribution in [3.05, 3.63) is 102 Å². The molecule has 1 saturated carbocycles. The number of ether oxygens (including phenoxy) is 1. The molecule has 1 aliphatic heterocycles. The van der Waals surface area contributed by atoms with Crippen molar-refractivity contribution in [1.29, 1.82) is 0 Å². The maximum atomic E-state index is 14.2. The molecule has 0 radical (unpaired) electrons. The first kappa shape index (κ1) is 36.8. The third-order valence-corrected chi connectivity index (χ3v) is 11.0. The van der Waals surface area contributed by atoms with E-state index in [0.29, 0.717) is 44.2 Å². The van der Waals surface area contributed by atoms with Crippen molar-refractivity contribution in [1.82, 2.24) is 10.2 Å². The molecular formula is C39H47N3O7S. The number of sulfone groups is 1. The first-order chi connectivity index (χ1) is 23.9. The van der Waals surface area contributed by atoms with E-state index in [-0.39, 0.29) is 29.9 Å². The van der Waals surface area contributed by atoms with Gasteiger partial charge in [-0.25, -0.2) is 13.2 Å². The van der Waals surface area contributed by atoms with E-state index in [2.05, 4.69) is 5.32 Å². The molecule has 3 unspecified atom stereocenters. The summed E-state index contributed by atoms with van der Waals surface area (Å²) in [5.41, 5.74) is 2.47. The second kappa shape index (κ2) is 16.0. The van der Waals surface area contributed by atoms with Crippen LogP contribution in [0, 0.1) is 5.41 Å². The lowest BCUT2D eigenvalue weighted by Gasteiger charge is -2.31. The summed E-state index contributed by atoms with van der Waals surface area (Å²) < 4.78 is 28.3. The number of carbonyl (C=O) groups is 4. The Labute approximate surface area is 295 Å². The minimum Gasteiger partial charge on any atom is -0.467 e. The molecule has 2 aliphatic rings. The molecule has 1 N–H and O–H groups in total. The van der Waals surface area contributed by atoms with Crippen LogP contribution >= 0.6 is 0 Å².